The molecule has 0 aromatic carbocycles. The maximum Gasteiger partial charge on any atom is 0.166 e. The number of unbranched alkanes of at least 4 members (excludes halogenated alkanes) is 3. The van der Waals surface area contributed by atoms with E-state index in [1.807, 2.05) is 0 Å². The molecule has 84 valence electrons. The van der Waals surface area contributed by atoms with E-state index in [0.29, 0.717) is 6.04 Å². The SMILES string of the molecule is CCCCCCC(C)NC(=S)NCC. The van der Waals surface area contributed by atoms with Gasteiger partial charge in [-0.15, -0.1) is 0 Å². The van der Waals surface area contributed by atoms with Gasteiger partial charge in [0.1, 0.15) is 0 Å². The first-order chi connectivity index (χ1) is 6.70. The van der Waals surface area contributed by atoms with Gasteiger partial charge in [0.2, 0.25) is 0 Å². The zero-order valence-corrected chi connectivity index (χ0v) is 10.5. The summed E-state index contributed by atoms with van der Waals surface area (Å²) in [7, 11) is 0. The zero-order chi connectivity index (χ0) is 10.8. The number of rotatable bonds is 7. The highest BCUT2D eigenvalue weighted by Crippen LogP contribution is 2.04. The van der Waals surface area contributed by atoms with Crippen LogP contribution >= 0.6 is 12.2 Å². The fourth-order valence-electron chi connectivity index (χ4n) is 1.38. The lowest BCUT2D eigenvalue weighted by Crippen LogP contribution is -2.40. The third-order valence-electron chi connectivity index (χ3n) is 2.21. The highest BCUT2D eigenvalue weighted by atomic mass is 32.1. The predicted octanol–water partition coefficient (Wildman–Crippen LogP) is 2.83. The molecule has 0 rings (SSSR count). The Bertz CT molecular complexity index is 148. The minimum absolute atomic E-state index is 0.499. The number of nitrogens with one attached hydrogen (secondary N) is 2. The van der Waals surface area contributed by atoms with Gasteiger partial charge < -0.3 is 10.6 Å². The van der Waals surface area contributed by atoms with Crippen LogP contribution in [0.5, 0.6) is 0 Å². The van der Waals surface area contributed by atoms with Gasteiger partial charge in [0.25, 0.3) is 0 Å². The first kappa shape index (κ1) is 13.7. The first-order valence-corrected chi connectivity index (χ1v) is 6.15. The van der Waals surface area contributed by atoms with Crippen molar-refractivity contribution in [3.05, 3.63) is 0 Å². The van der Waals surface area contributed by atoms with Gasteiger partial charge in [0.15, 0.2) is 5.11 Å². The molecule has 2 nitrogen and oxygen atoms in total. The second-order valence-corrected chi connectivity index (χ2v) is 4.16. The van der Waals surface area contributed by atoms with Crippen LogP contribution in [0.1, 0.15) is 52.9 Å². The summed E-state index contributed by atoms with van der Waals surface area (Å²) in [6.45, 7) is 7.38. The molecular weight excluding hydrogens is 192 g/mol. The predicted molar refractivity (Wildman–Crippen MR) is 67.6 cm³/mol. The Balaban J connectivity index is 3.35. The van der Waals surface area contributed by atoms with Crippen molar-refractivity contribution >= 4 is 17.3 Å². The van der Waals surface area contributed by atoms with E-state index in [4.69, 9.17) is 12.2 Å². The summed E-state index contributed by atoms with van der Waals surface area (Å²) in [5, 5.41) is 7.16. The molecule has 0 aromatic heterocycles. The molecule has 0 bridgehead atoms. The second kappa shape index (κ2) is 9.25. The average Bonchev–Trinajstić information content (AvgIpc) is 2.13. The van der Waals surface area contributed by atoms with Crippen molar-refractivity contribution in [1.82, 2.24) is 10.6 Å². The fraction of sp³-hybridized carbons (Fsp3) is 0.909. The topological polar surface area (TPSA) is 24.1 Å². The van der Waals surface area contributed by atoms with Crippen molar-refractivity contribution in [1.29, 1.82) is 0 Å². The maximum atomic E-state index is 5.11. The number of hydrogen-bond donors (Lipinski definition) is 2. The molecule has 0 aromatic rings. The standard InChI is InChI=1S/C11H24N2S/c1-4-6-7-8-9-10(3)13-11(14)12-5-2/h10H,4-9H2,1-3H3,(H2,12,13,14). The van der Waals surface area contributed by atoms with Crippen molar-refractivity contribution in [2.75, 3.05) is 6.54 Å². The molecule has 1 unspecified atom stereocenters. The second-order valence-electron chi connectivity index (χ2n) is 3.75. The summed E-state index contributed by atoms with van der Waals surface area (Å²) in [5.41, 5.74) is 0. The van der Waals surface area contributed by atoms with Crippen LogP contribution in [0.2, 0.25) is 0 Å². The Labute approximate surface area is 93.8 Å². The monoisotopic (exact) mass is 216 g/mol. The number of hydrogen-bond acceptors (Lipinski definition) is 1. The average molecular weight is 216 g/mol. The minimum Gasteiger partial charge on any atom is -0.363 e. The van der Waals surface area contributed by atoms with Crippen molar-refractivity contribution in [3.8, 4) is 0 Å². The van der Waals surface area contributed by atoms with Gasteiger partial charge >= 0.3 is 0 Å². The normalized spacial score (nSPS) is 12.2. The molecule has 0 aliphatic rings. The summed E-state index contributed by atoms with van der Waals surface area (Å²) in [6, 6.07) is 0.499. The van der Waals surface area contributed by atoms with Gasteiger partial charge in [-0.2, -0.15) is 0 Å². The molecule has 0 saturated carbocycles. The highest BCUT2D eigenvalue weighted by Gasteiger charge is 2.02. The van der Waals surface area contributed by atoms with Crippen LogP contribution in [0.4, 0.5) is 0 Å². The van der Waals surface area contributed by atoms with Gasteiger partial charge in [-0.3, -0.25) is 0 Å². The fourth-order valence-corrected chi connectivity index (χ4v) is 1.73. The van der Waals surface area contributed by atoms with Crippen LogP contribution < -0.4 is 10.6 Å². The molecule has 0 fully saturated rings. The van der Waals surface area contributed by atoms with E-state index in [1.165, 1.54) is 32.1 Å². The van der Waals surface area contributed by atoms with Crippen molar-refractivity contribution in [2.45, 2.75) is 58.9 Å². The molecule has 2 N–H and O–H groups in total. The van der Waals surface area contributed by atoms with Crippen LogP contribution in [0.15, 0.2) is 0 Å². The Morgan fingerprint density at radius 1 is 1.21 bits per heavy atom. The van der Waals surface area contributed by atoms with Crippen molar-refractivity contribution in [2.24, 2.45) is 0 Å². The van der Waals surface area contributed by atoms with Gasteiger partial charge in [0, 0.05) is 12.6 Å². The number of thiocarbonyl (C=S) groups is 1. The molecule has 1 atom stereocenters. The lowest BCUT2D eigenvalue weighted by molar-refractivity contribution is 0.541. The van der Waals surface area contributed by atoms with E-state index in [9.17, 15) is 0 Å². The summed E-state index contributed by atoms with van der Waals surface area (Å²) in [6.07, 6.45) is 6.51. The summed E-state index contributed by atoms with van der Waals surface area (Å²) >= 11 is 5.11. The van der Waals surface area contributed by atoms with E-state index in [2.05, 4.69) is 31.4 Å². The molecule has 0 saturated heterocycles. The third-order valence-corrected chi connectivity index (χ3v) is 2.47. The van der Waals surface area contributed by atoms with E-state index in [-0.39, 0.29) is 0 Å². The van der Waals surface area contributed by atoms with E-state index in [0.717, 1.165) is 11.7 Å². The lowest BCUT2D eigenvalue weighted by Gasteiger charge is -2.16. The molecular formula is C11H24N2S. The first-order valence-electron chi connectivity index (χ1n) is 5.75. The summed E-state index contributed by atoms with van der Waals surface area (Å²) in [5.74, 6) is 0. The Kier molecular flexibility index (Phi) is 9.05. The quantitative estimate of drug-likeness (QED) is 0.505. The van der Waals surface area contributed by atoms with Gasteiger partial charge in [-0.25, -0.2) is 0 Å². The van der Waals surface area contributed by atoms with Crippen molar-refractivity contribution in [3.63, 3.8) is 0 Å². The maximum absolute atomic E-state index is 5.11. The van der Waals surface area contributed by atoms with Crippen molar-refractivity contribution < 1.29 is 0 Å². The smallest absolute Gasteiger partial charge is 0.166 e. The molecule has 0 amide bonds. The Morgan fingerprint density at radius 3 is 2.50 bits per heavy atom. The minimum atomic E-state index is 0.499. The van der Waals surface area contributed by atoms with Crippen LogP contribution in [0.25, 0.3) is 0 Å². The Morgan fingerprint density at radius 2 is 1.93 bits per heavy atom. The van der Waals surface area contributed by atoms with E-state index < -0.39 is 0 Å². The summed E-state index contributed by atoms with van der Waals surface area (Å²) in [4.78, 5) is 0. The zero-order valence-electron chi connectivity index (χ0n) is 9.73. The Hall–Kier alpha value is -0.310. The molecule has 0 heterocycles. The lowest BCUT2D eigenvalue weighted by atomic mass is 10.1. The van der Waals surface area contributed by atoms with E-state index >= 15 is 0 Å². The van der Waals surface area contributed by atoms with E-state index in [1.54, 1.807) is 0 Å². The molecule has 0 aliphatic heterocycles. The van der Waals surface area contributed by atoms with Gasteiger partial charge in [0.05, 0.1) is 0 Å². The van der Waals surface area contributed by atoms with Gasteiger partial charge in [-0.1, -0.05) is 32.6 Å². The van der Waals surface area contributed by atoms with Crippen LogP contribution in [0, 0.1) is 0 Å². The highest BCUT2D eigenvalue weighted by molar-refractivity contribution is 7.80. The summed E-state index contributed by atoms with van der Waals surface area (Å²) < 4.78 is 0. The molecule has 3 heteroatoms. The molecule has 0 aliphatic carbocycles. The van der Waals surface area contributed by atoms with Crippen LogP contribution in [0.3, 0.4) is 0 Å². The molecule has 0 spiro atoms. The molecule has 0 radical (unpaired) electrons. The molecule has 14 heavy (non-hydrogen) atoms. The van der Waals surface area contributed by atoms with Gasteiger partial charge in [-0.05, 0) is 32.5 Å². The van der Waals surface area contributed by atoms with Crippen LogP contribution in [-0.4, -0.2) is 17.7 Å². The van der Waals surface area contributed by atoms with Crippen LogP contribution in [-0.2, 0) is 0 Å². The largest absolute Gasteiger partial charge is 0.363 e. The third kappa shape index (κ3) is 8.30.